The van der Waals surface area contributed by atoms with Crippen molar-refractivity contribution in [2.45, 2.75) is 38.0 Å². The fraction of sp³-hybridized carbons (Fsp3) is 0.818. The van der Waals surface area contributed by atoms with Gasteiger partial charge in [-0.3, -0.25) is 0 Å². The van der Waals surface area contributed by atoms with E-state index in [1.54, 1.807) is 14.2 Å². The molecule has 0 amide bonds. The molecule has 1 unspecified atom stereocenters. The van der Waals surface area contributed by atoms with Gasteiger partial charge in [0, 0.05) is 20.3 Å². The summed E-state index contributed by atoms with van der Waals surface area (Å²) in [7, 11) is 3.38. The van der Waals surface area contributed by atoms with Crippen molar-refractivity contribution in [3.8, 4) is 0 Å². The Balaban J connectivity index is 0.000000791. The van der Waals surface area contributed by atoms with Crippen molar-refractivity contribution >= 4 is 0 Å². The van der Waals surface area contributed by atoms with E-state index in [1.807, 2.05) is 0 Å². The quantitative estimate of drug-likeness (QED) is 0.544. The minimum Gasteiger partial charge on any atom is -0.356 e. The molecule has 0 radical (unpaired) electrons. The van der Waals surface area contributed by atoms with Gasteiger partial charge in [0.2, 0.25) is 0 Å². The van der Waals surface area contributed by atoms with Gasteiger partial charge in [0.05, 0.1) is 0 Å². The van der Waals surface area contributed by atoms with Gasteiger partial charge in [-0.05, 0) is 32.2 Å². The zero-order chi connectivity index (χ0) is 10.8. The molecule has 0 aliphatic carbocycles. The van der Waals surface area contributed by atoms with Crippen molar-refractivity contribution < 1.29 is 9.47 Å². The highest BCUT2D eigenvalue weighted by molar-refractivity contribution is 4.74. The largest absolute Gasteiger partial charge is 0.356 e. The Labute approximate surface area is 87.5 Å². The molecule has 0 saturated carbocycles. The molecule has 0 spiro atoms. The molecular weight excluding hydrogens is 178 g/mol. The maximum atomic E-state index is 5.11. The first-order valence-electron chi connectivity index (χ1n) is 5.15. The van der Waals surface area contributed by atoms with E-state index < -0.39 is 0 Å². The zero-order valence-corrected chi connectivity index (χ0v) is 9.42. The first-order chi connectivity index (χ1) is 6.86. The summed E-state index contributed by atoms with van der Waals surface area (Å²) >= 11 is 0. The van der Waals surface area contributed by atoms with E-state index in [4.69, 9.17) is 9.47 Å². The molecule has 1 aliphatic heterocycles. The Bertz CT molecular complexity index is 118. The maximum absolute atomic E-state index is 5.11. The van der Waals surface area contributed by atoms with Gasteiger partial charge in [-0.25, -0.2) is 0 Å². The lowest BCUT2D eigenvalue weighted by molar-refractivity contribution is -0.107. The van der Waals surface area contributed by atoms with Crippen LogP contribution in [0.25, 0.3) is 0 Å². The summed E-state index contributed by atoms with van der Waals surface area (Å²) in [4.78, 5) is 0. The van der Waals surface area contributed by atoms with E-state index in [0.717, 1.165) is 12.8 Å². The lowest BCUT2D eigenvalue weighted by Crippen LogP contribution is -2.24. The average molecular weight is 201 g/mol. The van der Waals surface area contributed by atoms with Gasteiger partial charge in [0.1, 0.15) is 0 Å². The molecular formula is C11H23NO2. The van der Waals surface area contributed by atoms with Crippen LogP contribution in [-0.2, 0) is 9.47 Å². The predicted octanol–water partition coefficient (Wildman–Crippen LogP) is 1.94. The van der Waals surface area contributed by atoms with Gasteiger partial charge in [-0.15, -0.1) is 13.2 Å². The van der Waals surface area contributed by atoms with Gasteiger partial charge in [-0.2, -0.15) is 0 Å². The van der Waals surface area contributed by atoms with Crippen LogP contribution in [0.1, 0.15) is 25.7 Å². The first-order valence-corrected chi connectivity index (χ1v) is 5.15. The molecule has 0 aromatic rings. The lowest BCUT2D eigenvalue weighted by atomic mass is 10.1. The summed E-state index contributed by atoms with van der Waals surface area (Å²) in [6, 6.07) is 0.692. The molecule has 14 heavy (non-hydrogen) atoms. The van der Waals surface area contributed by atoms with Crippen LogP contribution >= 0.6 is 0 Å². The molecule has 1 atom stereocenters. The second-order valence-corrected chi connectivity index (χ2v) is 3.27. The molecule has 1 fully saturated rings. The van der Waals surface area contributed by atoms with Crippen LogP contribution in [0.5, 0.6) is 0 Å². The Morgan fingerprint density at radius 2 is 2.00 bits per heavy atom. The number of hydrogen-bond donors (Lipinski definition) is 1. The number of rotatable bonds is 5. The smallest absolute Gasteiger partial charge is 0.156 e. The summed E-state index contributed by atoms with van der Waals surface area (Å²) in [5, 5.41) is 3.45. The van der Waals surface area contributed by atoms with E-state index in [0.29, 0.717) is 6.04 Å². The standard InChI is InChI=1S/C9H19NO2.C2H4/c1-11-9(12-2)6-5-8-4-3-7-10-8;1-2/h8-10H,3-7H2,1-2H3;1-2H2. The minimum atomic E-state index is -0.0209. The summed E-state index contributed by atoms with van der Waals surface area (Å²) in [6.45, 7) is 7.18. The van der Waals surface area contributed by atoms with Crippen molar-refractivity contribution in [2.24, 2.45) is 0 Å². The average Bonchev–Trinajstić information content (AvgIpc) is 2.75. The normalized spacial score (nSPS) is 20.6. The van der Waals surface area contributed by atoms with Crippen LogP contribution in [-0.4, -0.2) is 33.1 Å². The third kappa shape index (κ3) is 5.37. The zero-order valence-electron chi connectivity index (χ0n) is 9.42. The molecule has 1 saturated heterocycles. The van der Waals surface area contributed by atoms with Crippen LogP contribution in [0.4, 0.5) is 0 Å². The maximum Gasteiger partial charge on any atom is 0.156 e. The number of methoxy groups -OCH3 is 2. The van der Waals surface area contributed by atoms with Crippen LogP contribution in [0.2, 0.25) is 0 Å². The monoisotopic (exact) mass is 201 g/mol. The van der Waals surface area contributed by atoms with Gasteiger partial charge in [0.25, 0.3) is 0 Å². The molecule has 84 valence electrons. The highest BCUT2D eigenvalue weighted by Gasteiger charge is 2.15. The number of nitrogens with one attached hydrogen (secondary N) is 1. The Hall–Kier alpha value is -0.380. The molecule has 3 nitrogen and oxygen atoms in total. The van der Waals surface area contributed by atoms with E-state index >= 15 is 0 Å². The van der Waals surface area contributed by atoms with E-state index in [2.05, 4.69) is 18.5 Å². The fourth-order valence-electron chi connectivity index (χ4n) is 1.67. The number of ether oxygens (including phenoxy) is 2. The van der Waals surface area contributed by atoms with Gasteiger partial charge in [-0.1, -0.05) is 0 Å². The number of hydrogen-bond acceptors (Lipinski definition) is 3. The molecule has 0 aromatic carbocycles. The summed E-state index contributed by atoms with van der Waals surface area (Å²) in [5.74, 6) is 0. The molecule has 1 rings (SSSR count). The molecule has 1 N–H and O–H groups in total. The summed E-state index contributed by atoms with van der Waals surface area (Å²) in [6.07, 6.45) is 4.75. The van der Waals surface area contributed by atoms with E-state index in [1.165, 1.54) is 19.4 Å². The van der Waals surface area contributed by atoms with Crippen LogP contribution in [0, 0.1) is 0 Å². The van der Waals surface area contributed by atoms with Crippen molar-refractivity contribution in [3.05, 3.63) is 13.2 Å². The van der Waals surface area contributed by atoms with Crippen molar-refractivity contribution in [1.82, 2.24) is 5.32 Å². The SMILES string of the molecule is C=C.COC(CCC1CCCN1)OC. The van der Waals surface area contributed by atoms with Crippen molar-refractivity contribution in [1.29, 1.82) is 0 Å². The van der Waals surface area contributed by atoms with Crippen LogP contribution in [0.15, 0.2) is 13.2 Å². The third-order valence-corrected chi connectivity index (χ3v) is 2.44. The second kappa shape index (κ2) is 9.19. The lowest BCUT2D eigenvalue weighted by Gasteiger charge is -2.15. The molecule has 0 aromatic heterocycles. The predicted molar refractivity (Wildman–Crippen MR) is 59.3 cm³/mol. The fourth-order valence-corrected chi connectivity index (χ4v) is 1.67. The second-order valence-electron chi connectivity index (χ2n) is 3.27. The first kappa shape index (κ1) is 13.6. The Morgan fingerprint density at radius 1 is 1.36 bits per heavy atom. The van der Waals surface area contributed by atoms with E-state index in [-0.39, 0.29) is 6.29 Å². The third-order valence-electron chi connectivity index (χ3n) is 2.44. The highest BCUT2D eigenvalue weighted by Crippen LogP contribution is 2.13. The van der Waals surface area contributed by atoms with Gasteiger partial charge < -0.3 is 14.8 Å². The molecule has 1 aliphatic rings. The van der Waals surface area contributed by atoms with Crippen LogP contribution < -0.4 is 5.32 Å². The van der Waals surface area contributed by atoms with Crippen molar-refractivity contribution in [3.63, 3.8) is 0 Å². The molecule has 3 heteroatoms. The van der Waals surface area contributed by atoms with Crippen molar-refractivity contribution in [2.75, 3.05) is 20.8 Å². The Morgan fingerprint density at radius 3 is 2.43 bits per heavy atom. The van der Waals surface area contributed by atoms with Gasteiger partial charge in [0.15, 0.2) is 6.29 Å². The summed E-state index contributed by atoms with van der Waals surface area (Å²) in [5.41, 5.74) is 0. The van der Waals surface area contributed by atoms with Gasteiger partial charge >= 0.3 is 0 Å². The molecule has 1 heterocycles. The topological polar surface area (TPSA) is 30.5 Å². The van der Waals surface area contributed by atoms with E-state index in [9.17, 15) is 0 Å². The summed E-state index contributed by atoms with van der Waals surface area (Å²) < 4.78 is 10.2. The minimum absolute atomic E-state index is 0.0209. The molecule has 0 bridgehead atoms. The highest BCUT2D eigenvalue weighted by atomic mass is 16.7. The van der Waals surface area contributed by atoms with Crippen LogP contribution in [0.3, 0.4) is 0 Å². The Kier molecular flexibility index (Phi) is 8.94.